The number of carbonyl (C=O) groups is 2. The van der Waals surface area contributed by atoms with Crippen LogP contribution in [-0.4, -0.2) is 32.2 Å². The molecule has 0 radical (unpaired) electrons. The van der Waals surface area contributed by atoms with Gasteiger partial charge in [-0.05, 0) is 30.7 Å². The van der Waals surface area contributed by atoms with E-state index in [1.165, 1.54) is 26.2 Å². The summed E-state index contributed by atoms with van der Waals surface area (Å²) < 4.78 is 28.8. The van der Waals surface area contributed by atoms with Crippen LogP contribution in [0.3, 0.4) is 0 Å². The minimum absolute atomic E-state index is 0.0937. The topological polar surface area (TPSA) is 73.9 Å². The lowest BCUT2D eigenvalue weighted by molar-refractivity contribution is -0.154. The predicted molar refractivity (Wildman–Crippen MR) is 97.1 cm³/mol. The molecule has 0 aliphatic rings. The van der Waals surface area contributed by atoms with Crippen LogP contribution in [0, 0.1) is 5.82 Å². The number of carbonyl (C=O) groups excluding carboxylic acids is 2. The maximum atomic E-state index is 13.7. The summed E-state index contributed by atoms with van der Waals surface area (Å²) in [4.78, 5) is 24.1. The second kappa shape index (κ2) is 9.56. The van der Waals surface area contributed by atoms with Gasteiger partial charge in [-0.15, -0.1) is 0 Å². The molecule has 0 aromatic heterocycles. The molecule has 0 unspecified atom stereocenters. The molecule has 0 saturated carbocycles. The van der Waals surface area contributed by atoms with E-state index in [9.17, 15) is 14.0 Å². The third-order valence-corrected chi connectivity index (χ3v) is 3.89. The van der Waals surface area contributed by atoms with E-state index in [1.54, 1.807) is 19.2 Å². The predicted octanol–water partition coefficient (Wildman–Crippen LogP) is 2.63. The molecule has 0 bridgehead atoms. The zero-order valence-electron chi connectivity index (χ0n) is 15.5. The molecule has 0 fully saturated rings. The number of rotatable bonds is 8. The van der Waals surface area contributed by atoms with Crippen LogP contribution in [0.25, 0.3) is 0 Å². The third kappa shape index (κ3) is 5.70. The Kier molecular flexibility index (Phi) is 7.16. The van der Waals surface area contributed by atoms with Crippen LogP contribution in [0.1, 0.15) is 18.1 Å². The first-order valence-corrected chi connectivity index (χ1v) is 8.36. The number of amides is 1. The van der Waals surface area contributed by atoms with E-state index in [-0.39, 0.29) is 18.7 Å². The van der Waals surface area contributed by atoms with Gasteiger partial charge < -0.3 is 19.5 Å². The molecule has 0 saturated heterocycles. The van der Waals surface area contributed by atoms with Gasteiger partial charge in [-0.3, -0.25) is 9.59 Å². The van der Waals surface area contributed by atoms with Crippen molar-refractivity contribution in [3.63, 3.8) is 0 Å². The smallest absolute Gasteiger partial charge is 0.311 e. The van der Waals surface area contributed by atoms with Crippen LogP contribution in [0.15, 0.2) is 42.5 Å². The molecular formula is C20H22FNO5. The minimum Gasteiger partial charge on any atom is -0.496 e. The van der Waals surface area contributed by atoms with Crippen molar-refractivity contribution >= 4 is 11.9 Å². The summed E-state index contributed by atoms with van der Waals surface area (Å²) in [6.07, 6.45) is -1.12. The van der Waals surface area contributed by atoms with E-state index in [0.717, 1.165) is 5.56 Å². The summed E-state index contributed by atoms with van der Waals surface area (Å²) in [6.45, 7) is 1.72. The Labute approximate surface area is 157 Å². The van der Waals surface area contributed by atoms with Crippen LogP contribution in [0.4, 0.5) is 4.39 Å². The van der Waals surface area contributed by atoms with E-state index in [2.05, 4.69) is 5.32 Å². The van der Waals surface area contributed by atoms with E-state index >= 15 is 0 Å². The fourth-order valence-electron chi connectivity index (χ4n) is 2.45. The molecule has 1 amide bonds. The van der Waals surface area contributed by atoms with Crippen LogP contribution in [-0.2, 0) is 27.3 Å². The number of hydrogen-bond donors (Lipinski definition) is 1. The Balaban J connectivity index is 1.86. The highest BCUT2D eigenvalue weighted by Gasteiger charge is 2.18. The number of methoxy groups -OCH3 is 2. The molecule has 1 atom stereocenters. The Morgan fingerprint density at radius 2 is 1.78 bits per heavy atom. The number of benzene rings is 2. The van der Waals surface area contributed by atoms with Gasteiger partial charge >= 0.3 is 5.97 Å². The van der Waals surface area contributed by atoms with Gasteiger partial charge in [-0.2, -0.15) is 0 Å². The van der Waals surface area contributed by atoms with Gasteiger partial charge in [0.15, 0.2) is 17.7 Å². The molecular weight excluding hydrogens is 353 g/mol. The zero-order valence-corrected chi connectivity index (χ0v) is 15.5. The number of halogens is 1. The molecule has 1 N–H and O–H groups in total. The zero-order chi connectivity index (χ0) is 19.8. The number of esters is 1. The Bertz CT molecular complexity index is 809. The molecule has 2 aromatic carbocycles. The van der Waals surface area contributed by atoms with Gasteiger partial charge in [0.25, 0.3) is 5.91 Å². The molecule has 0 aliphatic carbocycles. The highest BCUT2D eigenvalue weighted by Crippen LogP contribution is 2.18. The molecule has 6 nitrogen and oxygen atoms in total. The minimum atomic E-state index is -0.977. The molecule has 0 spiro atoms. The molecule has 144 valence electrons. The SMILES string of the molecule is COc1ccc(CC(=O)O[C@@H](C)C(=O)NCc2ccccc2OC)cc1F. The van der Waals surface area contributed by atoms with Crippen molar-refractivity contribution < 1.29 is 28.2 Å². The van der Waals surface area contributed by atoms with Crippen LogP contribution < -0.4 is 14.8 Å². The van der Waals surface area contributed by atoms with E-state index < -0.39 is 23.8 Å². The number of para-hydroxylation sites is 1. The van der Waals surface area contributed by atoms with Crippen molar-refractivity contribution in [3.8, 4) is 11.5 Å². The Morgan fingerprint density at radius 3 is 2.44 bits per heavy atom. The largest absolute Gasteiger partial charge is 0.496 e. The maximum absolute atomic E-state index is 13.7. The van der Waals surface area contributed by atoms with E-state index in [0.29, 0.717) is 11.3 Å². The monoisotopic (exact) mass is 375 g/mol. The normalized spacial score (nSPS) is 11.4. The van der Waals surface area contributed by atoms with Crippen molar-refractivity contribution in [2.24, 2.45) is 0 Å². The fourth-order valence-corrected chi connectivity index (χ4v) is 2.45. The van der Waals surface area contributed by atoms with E-state index in [4.69, 9.17) is 14.2 Å². The van der Waals surface area contributed by atoms with Gasteiger partial charge in [-0.25, -0.2) is 4.39 Å². The lowest BCUT2D eigenvalue weighted by atomic mass is 10.1. The Hall–Kier alpha value is -3.09. The highest BCUT2D eigenvalue weighted by molar-refractivity contribution is 5.83. The number of ether oxygens (including phenoxy) is 3. The lowest BCUT2D eigenvalue weighted by Gasteiger charge is -2.15. The van der Waals surface area contributed by atoms with Crippen LogP contribution in [0.5, 0.6) is 11.5 Å². The van der Waals surface area contributed by atoms with Gasteiger partial charge in [0.1, 0.15) is 5.75 Å². The summed E-state index contributed by atoms with van der Waals surface area (Å²) in [5.74, 6) is -0.875. The van der Waals surface area contributed by atoms with Crippen LogP contribution in [0.2, 0.25) is 0 Å². The first-order chi connectivity index (χ1) is 12.9. The van der Waals surface area contributed by atoms with Gasteiger partial charge in [-0.1, -0.05) is 24.3 Å². The number of hydrogen-bond acceptors (Lipinski definition) is 5. The van der Waals surface area contributed by atoms with Crippen molar-refractivity contribution in [2.45, 2.75) is 26.0 Å². The van der Waals surface area contributed by atoms with Gasteiger partial charge in [0.05, 0.1) is 20.6 Å². The first kappa shape index (κ1) is 20.2. The quantitative estimate of drug-likeness (QED) is 0.718. The van der Waals surface area contributed by atoms with Gasteiger partial charge in [0, 0.05) is 12.1 Å². The van der Waals surface area contributed by atoms with Crippen molar-refractivity contribution in [2.75, 3.05) is 14.2 Å². The third-order valence-electron chi connectivity index (χ3n) is 3.89. The second-order valence-electron chi connectivity index (χ2n) is 5.81. The summed E-state index contributed by atoms with van der Waals surface area (Å²) in [5, 5.41) is 2.69. The average molecular weight is 375 g/mol. The standard InChI is InChI=1S/C20H22FNO5/c1-13(20(24)22-12-15-6-4-5-7-17(15)25-2)27-19(23)11-14-8-9-18(26-3)16(21)10-14/h4-10,13H,11-12H2,1-3H3,(H,22,24)/t13-/m0/s1. The summed E-state index contributed by atoms with van der Waals surface area (Å²) in [7, 11) is 2.91. The van der Waals surface area contributed by atoms with Crippen molar-refractivity contribution in [1.29, 1.82) is 0 Å². The molecule has 7 heteroatoms. The highest BCUT2D eigenvalue weighted by atomic mass is 19.1. The van der Waals surface area contributed by atoms with Crippen molar-refractivity contribution in [3.05, 3.63) is 59.4 Å². The molecule has 2 aromatic rings. The molecule has 0 heterocycles. The Morgan fingerprint density at radius 1 is 1.07 bits per heavy atom. The molecule has 0 aliphatic heterocycles. The summed E-state index contributed by atoms with van der Waals surface area (Å²) >= 11 is 0. The van der Waals surface area contributed by atoms with Crippen molar-refractivity contribution in [1.82, 2.24) is 5.32 Å². The second-order valence-corrected chi connectivity index (χ2v) is 5.81. The molecule has 2 rings (SSSR count). The summed E-state index contributed by atoms with van der Waals surface area (Å²) in [5.41, 5.74) is 1.24. The van der Waals surface area contributed by atoms with Gasteiger partial charge in [0.2, 0.25) is 0 Å². The first-order valence-electron chi connectivity index (χ1n) is 8.36. The number of nitrogens with one attached hydrogen (secondary N) is 1. The molecule has 27 heavy (non-hydrogen) atoms. The van der Waals surface area contributed by atoms with Crippen LogP contribution >= 0.6 is 0 Å². The van der Waals surface area contributed by atoms with E-state index in [1.807, 2.05) is 18.2 Å². The lowest BCUT2D eigenvalue weighted by Crippen LogP contribution is -2.35. The maximum Gasteiger partial charge on any atom is 0.311 e. The fraction of sp³-hybridized carbons (Fsp3) is 0.300. The average Bonchev–Trinajstić information content (AvgIpc) is 2.66. The summed E-state index contributed by atoms with van der Waals surface area (Å²) in [6, 6.07) is 11.5.